The van der Waals surface area contributed by atoms with Gasteiger partial charge in [-0.3, -0.25) is 14.1 Å². The highest BCUT2D eigenvalue weighted by Gasteiger charge is 2.67. The number of aliphatic hydroxyl groups is 2. The first-order valence-electron chi connectivity index (χ1n) is 10.4. The smallest absolute Gasteiger partial charge is 0.393 e. The van der Waals surface area contributed by atoms with Crippen molar-refractivity contribution in [2.24, 2.45) is 28.6 Å². The third kappa shape index (κ3) is 3.12. The zero-order chi connectivity index (χ0) is 22.1. The second kappa shape index (κ2) is 6.92. The molecule has 30 heavy (non-hydrogen) atoms. The van der Waals surface area contributed by atoms with Crippen LogP contribution in [0.5, 0.6) is 0 Å². The number of carbonyl (C=O) groups excluding carboxylic acids is 2. The van der Waals surface area contributed by atoms with Crippen molar-refractivity contribution in [3.8, 4) is 0 Å². The van der Waals surface area contributed by atoms with Crippen molar-refractivity contribution in [1.82, 2.24) is 0 Å². The van der Waals surface area contributed by atoms with Gasteiger partial charge >= 0.3 is 7.82 Å². The van der Waals surface area contributed by atoms with E-state index in [0.717, 1.165) is 5.57 Å². The molecule has 0 bridgehead atoms. The lowest BCUT2D eigenvalue weighted by molar-refractivity contribution is -0.218. The molecule has 0 aliphatic heterocycles. The van der Waals surface area contributed by atoms with Gasteiger partial charge in [-0.25, -0.2) is 4.57 Å². The molecule has 4 aliphatic rings. The summed E-state index contributed by atoms with van der Waals surface area (Å²) in [5, 5.41) is 22.7. The number of hydrogen-bond donors (Lipinski definition) is 4. The Balaban J connectivity index is 1.72. The van der Waals surface area contributed by atoms with E-state index in [4.69, 9.17) is 9.79 Å². The van der Waals surface area contributed by atoms with Crippen molar-refractivity contribution < 1.29 is 38.7 Å². The first-order valence-corrected chi connectivity index (χ1v) is 11.9. The molecule has 0 amide bonds. The summed E-state index contributed by atoms with van der Waals surface area (Å²) in [5.41, 5.74) is -2.63. The van der Waals surface area contributed by atoms with E-state index in [1.807, 2.05) is 13.0 Å². The summed E-state index contributed by atoms with van der Waals surface area (Å²) in [4.78, 5) is 42.9. The molecule has 0 aromatic heterocycles. The van der Waals surface area contributed by atoms with Gasteiger partial charge in [0.2, 0.25) is 0 Å². The molecule has 0 aromatic rings. The van der Waals surface area contributed by atoms with E-state index < -0.39 is 42.7 Å². The van der Waals surface area contributed by atoms with Crippen LogP contribution in [0.4, 0.5) is 0 Å². The van der Waals surface area contributed by atoms with E-state index in [9.17, 15) is 24.4 Å². The molecule has 1 unspecified atom stereocenters. The first kappa shape index (κ1) is 22.1. The Hall–Kier alpha value is -1.15. The standard InChI is InChI=1S/C21H29O8P/c1-19-8-7-13(22)9-12(19)3-4-14-15-5-6-17(24)21(25,11-29-30(26,27)28)20(15,2)10-16(23)18(14)19/h7-9,14-16,18,23,25H,3-6,10-11H2,1-2H3,(H2,26,27,28)/t14-,15-,16-,18+,19-,20-,21?/m0/s1. The predicted octanol–water partition coefficient (Wildman–Crippen LogP) is 1.67. The Morgan fingerprint density at radius 1 is 1.20 bits per heavy atom. The fourth-order valence-corrected chi connectivity index (χ4v) is 7.27. The van der Waals surface area contributed by atoms with E-state index in [2.05, 4.69) is 4.52 Å². The Bertz CT molecular complexity index is 889. The van der Waals surface area contributed by atoms with Gasteiger partial charge in [0.05, 0.1) is 12.7 Å². The minimum atomic E-state index is -4.88. The Morgan fingerprint density at radius 2 is 1.90 bits per heavy atom. The van der Waals surface area contributed by atoms with Crippen molar-refractivity contribution in [2.45, 2.75) is 57.7 Å². The second-order valence-electron chi connectivity index (χ2n) is 9.80. The number of rotatable bonds is 3. The highest BCUT2D eigenvalue weighted by Crippen LogP contribution is 2.65. The molecule has 3 fully saturated rings. The Labute approximate surface area is 175 Å². The molecule has 7 atom stereocenters. The Kier molecular flexibility index (Phi) is 5.09. The molecule has 4 rings (SSSR count). The van der Waals surface area contributed by atoms with Crippen LogP contribution in [-0.2, 0) is 18.7 Å². The molecule has 4 N–H and O–H groups in total. The van der Waals surface area contributed by atoms with Gasteiger partial charge in [-0.2, -0.15) is 0 Å². The van der Waals surface area contributed by atoms with Crippen molar-refractivity contribution in [2.75, 3.05) is 6.61 Å². The molecule has 0 heterocycles. The van der Waals surface area contributed by atoms with Gasteiger partial charge in [0, 0.05) is 23.2 Å². The summed E-state index contributed by atoms with van der Waals surface area (Å²) in [5.74, 6) is -0.860. The third-order valence-electron chi connectivity index (χ3n) is 8.42. The average Bonchev–Trinajstić information content (AvgIpc) is 2.64. The van der Waals surface area contributed by atoms with Crippen molar-refractivity contribution in [3.63, 3.8) is 0 Å². The van der Waals surface area contributed by atoms with Gasteiger partial charge in [0.15, 0.2) is 17.2 Å². The average molecular weight is 440 g/mol. The van der Waals surface area contributed by atoms with Crippen LogP contribution in [-0.4, -0.2) is 49.9 Å². The van der Waals surface area contributed by atoms with Crippen LogP contribution in [0.2, 0.25) is 0 Å². The maximum absolute atomic E-state index is 12.8. The van der Waals surface area contributed by atoms with Crippen LogP contribution in [0.15, 0.2) is 23.8 Å². The van der Waals surface area contributed by atoms with E-state index in [0.29, 0.717) is 19.3 Å². The topological polar surface area (TPSA) is 141 Å². The van der Waals surface area contributed by atoms with Crippen LogP contribution in [0.1, 0.15) is 46.0 Å². The minimum absolute atomic E-state index is 0.00608. The molecule has 0 aromatic carbocycles. The van der Waals surface area contributed by atoms with Gasteiger partial charge in [0.1, 0.15) is 0 Å². The van der Waals surface area contributed by atoms with Gasteiger partial charge in [-0.05, 0) is 49.7 Å². The summed E-state index contributed by atoms with van der Waals surface area (Å²) in [7, 11) is -4.88. The summed E-state index contributed by atoms with van der Waals surface area (Å²) in [6.45, 7) is 2.96. The number of phosphoric ester groups is 1. The monoisotopic (exact) mass is 440 g/mol. The van der Waals surface area contributed by atoms with E-state index in [-0.39, 0.29) is 36.4 Å². The van der Waals surface area contributed by atoms with Crippen LogP contribution in [0.3, 0.4) is 0 Å². The SMILES string of the molecule is C[C@]12C=CC(=O)C=C1CC[C@@H]1[C@@H]2[C@@H](O)C[C@@]2(C)[C@H]1CCC(=O)C2(O)COP(=O)(O)O. The van der Waals surface area contributed by atoms with E-state index >= 15 is 0 Å². The minimum Gasteiger partial charge on any atom is -0.393 e. The molecule has 0 spiro atoms. The van der Waals surface area contributed by atoms with Gasteiger partial charge in [0.25, 0.3) is 0 Å². The number of phosphoric acid groups is 1. The fourth-order valence-electron chi connectivity index (χ4n) is 6.92. The number of allylic oxidation sites excluding steroid dienone is 4. The number of Topliss-reactive ketones (excluding diaryl/α,β-unsaturated/α-hetero) is 1. The quantitative estimate of drug-likeness (QED) is 0.486. The molecule has 0 saturated heterocycles. The lowest BCUT2D eigenvalue weighted by Gasteiger charge is -2.63. The molecular weight excluding hydrogens is 411 g/mol. The summed E-state index contributed by atoms with van der Waals surface area (Å²) >= 11 is 0. The molecule has 3 saturated carbocycles. The zero-order valence-corrected chi connectivity index (χ0v) is 18.0. The number of hydrogen-bond acceptors (Lipinski definition) is 6. The molecule has 8 nitrogen and oxygen atoms in total. The number of ketones is 2. The summed E-state index contributed by atoms with van der Waals surface area (Å²) in [6.07, 6.45) is 6.38. The largest absolute Gasteiger partial charge is 0.469 e. The number of aliphatic hydroxyl groups excluding tert-OH is 1. The molecule has 9 heteroatoms. The van der Waals surface area contributed by atoms with Gasteiger partial charge < -0.3 is 20.0 Å². The van der Waals surface area contributed by atoms with Crippen LogP contribution in [0.25, 0.3) is 0 Å². The second-order valence-corrected chi connectivity index (χ2v) is 11.0. The van der Waals surface area contributed by atoms with Gasteiger partial charge in [-0.1, -0.05) is 25.5 Å². The summed E-state index contributed by atoms with van der Waals surface area (Å²) < 4.78 is 15.9. The molecule has 166 valence electrons. The van der Waals surface area contributed by atoms with Crippen LogP contribution in [0, 0.1) is 28.6 Å². The maximum Gasteiger partial charge on any atom is 0.469 e. The van der Waals surface area contributed by atoms with Crippen LogP contribution >= 0.6 is 7.82 Å². The van der Waals surface area contributed by atoms with Gasteiger partial charge in [-0.15, -0.1) is 0 Å². The molecular formula is C21H29O8P. The van der Waals surface area contributed by atoms with Crippen LogP contribution < -0.4 is 0 Å². The zero-order valence-electron chi connectivity index (χ0n) is 17.2. The lowest BCUT2D eigenvalue weighted by atomic mass is 9.42. The van der Waals surface area contributed by atoms with E-state index in [1.54, 1.807) is 19.1 Å². The third-order valence-corrected chi connectivity index (χ3v) is 8.88. The van der Waals surface area contributed by atoms with Crippen molar-refractivity contribution in [1.29, 1.82) is 0 Å². The van der Waals surface area contributed by atoms with Crippen molar-refractivity contribution in [3.05, 3.63) is 23.8 Å². The van der Waals surface area contributed by atoms with Crippen molar-refractivity contribution >= 4 is 19.4 Å². The summed E-state index contributed by atoms with van der Waals surface area (Å²) in [6, 6.07) is 0. The molecule has 4 aliphatic carbocycles. The highest BCUT2D eigenvalue weighted by atomic mass is 31.2. The number of fused-ring (bicyclic) bond motifs is 5. The Morgan fingerprint density at radius 3 is 2.57 bits per heavy atom. The number of carbonyl (C=O) groups is 2. The maximum atomic E-state index is 12.8. The highest BCUT2D eigenvalue weighted by molar-refractivity contribution is 7.46. The predicted molar refractivity (Wildman–Crippen MR) is 106 cm³/mol. The fraction of sp³-hybridized carbons (Fsp3) is 0.714. The van der Waals surface area contributed by atoms with E-state index in [1.165, 1.54) is 0 Å². The normalized spacial score (nSPS) is 46.0. The molecule has 0 radical (unpaired) electrons. The lowest BCUT2D eigenvalue weighted by Crippen LogP contribution is -2.68. The first-order chi connectivity index (χ1) is 13.8.